The van der Waals surface area contributed by atoms with E-state index in [0.717, 1.165) is 46.1 Å². The molecular formula is C38H42Br2N2O5. The van der Waals surface area contributed by atoms with Gasteiger partial charge in [0.05, 0.1) is 22.2 Å². The lowest BCUT2D eigenvalue weighted by Gasteiger charge is -2.11. The Morgan fingerprint density at radius 3 is 1.32 bits per heavy atom. The van der Waals surface area contributed by atoms with Crippen LogP contribution in [0.2, 0.25) is 0 Å². The summed E-state index contributed by atoms with van der Waals surface area (Å²) in [5.74, 6) is 2.24. The van der Waals surface area contributed by atoms with Crippen LogP contribution in [0.15, 0.2) is 93.9 Å². The van der Waals surface area contributed by atoms with Gasteiger partial charge in [0, 0.05) is 22.5 Å². The van der Waals surface area contributed by atoms with E-state index in [1.54, 1.807) is 72.8 Å². The molecular weight excluding hydrogens is 724 g/mol. The summed E-state index contributed by atoms with van der Waals surface area (Å²) < 4.78 is 19.2. The van der Waals surface area contributed by atoms with E-state index in [1.165, 1.54) is 25.7 Å². The molecule has 0 bridgehead atoms. The third-order valence-corrected chi connectivity index (χ3v) is 8.60. The van der Waals surface area contributed by atoms with Crippen LogP contribution < -0.4 is 24.8 Å². The summed E-state index contributed by atoms with van der Waals surface area (Å²) in [5, 5.41) is 5.83. The average Bonchev–Trinajstić information content (AvgIpc) is 3.07. The molecule has 2 N–H and O–H groups in total. The molecule has 0 fully saturated rings. The highest BCUT2D eigenvalue weighted by Gasteiger charge is 2.12. The van der Waals surface area contributed by atoms with Crippen LogP contribution >= 0.6 is 31.9 Å². The third-order valence-electron chi connectivity index (χ3n) is 7.36. The van der Waals surface area contributed by atoms with Crippen molar-refractivity contribution in [3.63, 3.8) is 0 Å². The zero-order valence-electron chi connectivity index (χ0n) is 27.0. The van der Waals surface area contributed by atoms with Crippen molar-refractivity contribution < 1.29 is 23.8 Å². The molecule has 0 aliphatic rings. The standard InChI is InChI=1S/C38H42Br2N2O5/c1-3-5-7-9-23-45-35-21-11-27(25-33(35)39)37(43)41-29-13-17-31(18-14-29)47-32-19-15-30(16-20-32)42-38(44)28-12-22-36(34(40)26-28)46-24-10-8-6-4-2/h11-22,25-26H,3-10,23-24H2,1-2H3,(H,41,43)(H,42,44). The van der Waals surface area contributed by atoms with Gasteiger partial charge in [-0.1, -0.05) is 52.4 Å². The summed E-state index contributed by atoms with van der Waals surface area (Å²) >= 11 is 7.04. The molecule has 0 aliphatic carbocycles. The monoisotopic (exact) mass is 764 g/mol. The first kappa shape index (κ1) is 36.0. The third kappa shape index (κ3) is 11.7. The molecule has 0 heterocycles. The lowest BCUT2D eigenvalue weighted by Crippen LogP contribution is -2.12. The van der Waals surface area contributed by atoms with Gasteiger partial charge >= 0.3 is 0 Å². The molecule has 4 aromatic rings. The molecule has 7 nitrogen and oxygen atoms in total. The quantitative estimate of drug-likeness (QED) is 0.0985. The van der Waals surface area contributed by atoms with Crippen LogP contribution in [0.1, 0.15) is 85.9 Å². The fourth-order valence-corrected chi connectivity index (χ4v) is 5.68. The highest BCUT2D eigenvalue weighted by atomic mass is 79.9. The number of carbonyl (C=O) groups is 2. The van der Waals surface area contributed by atoms with E-state index in [4.69, 9.17) is 14.2 Å². The Morgan fingerprint density at radius 1 is 0.553 bits per heavy atom. The van der Waals surface area contributed by atoms with Crippen LogP contribution in [-0.4, -0.2) is 25.0 Å². The van der Waals surface area contributed by atoms with Crippen molar-refractivity contribution >= 4 is 55.0 Å². The summed E-state index contributed by atoms with van der Waals surface area (Å²) in [6.07, 6.45) is 9.10. The predicted octanol–water partition coefficient (Wildman–Crippen LogP) is 11.4. The van der Waals surface area contributed by atoms with Crippen molar-refractivity contribution in [2.45, 2.75) is 65.2 Å². The van der Waals surface area contributed by atoms with Crippen LogP contribution in [-0.2, 0) is 0 Å². The molecule has 0 radical (unpaired) electrons. The van der Waals surface area contributed by atoms with Crippen molar-refractivity contribution in [2.75, 3.05) is 23.8 Å². The van der Waals surface area contributed by atoms with Gasteiger partial charge in [-0.25, -0.2) is 0 Å². The largest absolute Gasteiger partial charge is 0.492 e. The van der Waals surface area contributed by atoms with Crippen molar-refractivity contribution in [3.8, 4) is 23.0 Å². The fourth-order valence-electron chi connectivity index (χ4n) is 4.70. The second-order valence-electron chi connectivity index (χ2n) is 11.2. The van der Waals surface area contributed by atoms with E-state index in [1.807, 2.05) is 12.1 Å². The second kappa shape index (κ2) is 19.1. The van der Waals surface area contributed by atoms with Gasteiger partial charge in [0.15, 0.2) is 0 Å². The molecule has 0 aliphatic heterocycles. The molecule has 0 aromatic heterocycles. The maximum absolute atomic E-state index is 12.8. The van der Waals surface area contributed by atoms with Gasteiger partial charge in [0.1, 0.15) is 23.0 Å². The number of anilines is 2. The number of carbonyl (C=O) groups excluding carboxylic acids is 2. The molecule has 4 rings (SSSR count). The molecule has 0 atom stereocenters. The zero-order valence-corrected chi connectivity index (χ0v) is 30.1. The van der Waals surface area contributed by atoms with E-state index >= 15 is 0 Å². The molecule has 0 spiro atoms. The van der Waals surface area contributed by atoms with E-state index < -0.39 is 0 Å². The molecule has 0 saturated carbocycles. The Labute approximate surface area is 294 Å². The minimum absolute atomic E-state index is 0.221. The van der Waals surface area contributed by atoms with Crippen molar-refractivity contribution in [3.05, 3.63) is 105 Å². The van der Waals surface area contributed by atoms with Crippen molar-refractivity contribution in [1.82, 2.24) is 0 Å². The van der Waals surface area contributed by atoms with E-state index in [0.29, 0.717) is 47.2 Å². The number of rotatable bonds is 18. The number of ether oxygens (including phenoxy) is 3. The lowest BCUT2D eigenvalue weighted by molar-refractivity contribution is 0.101. The van der Waals surface area contributed by atoms with Crippen LogP contribution in [0.3, 0.4) is 0 Å². The van der Waals surface area contributed by atoms with E-state index in [9.17, 15) is 9.59 Å². The number of nitrogens with one attached hydrogen (secondary N) is 2. The van der Waals surface area contributed by atoms with Gasteiger partial charge in [0.25, 0.3) is 11.8 Å². The zero-order chi connectivity index (χ0) is 33.4. The Morgan fingerprint density at radius 2 is 0.957 bits per heavy atom. The smallest absolute Gasteiger partial charge is 0.255 e. The molecule has 2 amide bonds. The number of amides is 2. The SMILES string of the molecule is CCCCCCOc1ccc(C(=O)Nc2ccc(Oc3ccc(NC(=O)c4ccc(OCCCCCC)c(Br)c4)cc3)cc2)cc1Br. The summed E-state index contributed by atoms with van der Waals surface area (Å²) in [4.78, 5) is 25.7. The number of hydrogen-bond donors (Lipinski definition) is 2. The minimum atomic E-state index is -0.221. The lowest BCUT2D eigenvalue weighted by atomic mass is 10.2. The number of halogens is 2. The molecule has 47 heavy (non-hydrogen) atoms. The topological polar surface area (TPSA) is 85.9 Å². The van der Waals surface area contributed by atoms with Crippen LogP contribution in [0.25, 0.3) is 0 Å². The normalized spacial score (nSPS) is 10.7. The summed E-state index contributed by atoms with van der Waals surface area (Å²) in [6, 6.07) is 24.9. The van der Waals surface area contributed by atoms with E-state index in [-0.39, 0.29) is 11.8 Å². The summed E-state index contributed by atoms with van der Waals surface area (Å²) in [5.41, 5.74) is 2.33. The van der Waals surface area contributed by atoms with Crippen LogP contribution in [0.5, 0.6) is 23.0 Å². The maximum atomic E-state index is 12.8. The minimum Gasteiger partial charge on any atom is -0.492 e. The van der Waals surface area contributed by atoms with Crippen molar-refractivity contribution in [1.29, 1.82) is 0 Å². The second-order valence-corrected chi connectivity index (χ2v) is 12.9. The first-order chi connectivity index (χ1) is 22.9. The summed E-state index contributed by atoms with van der Waals surface area (Å²) in [7, 11) is 0. The Hall–Kier alpha value is -3.82. The van der Waals surface area contributed by atoms with Crippen LogP contribution in [0, 0.1) is 0 Å². The Kier molecular flexibility index (Phi) is 14.6. The molecule has 0 saturated heterocycles. The highest BCUT2D eigenvalue weighted by Crippen LogP contribution is 2.29. The average molecular weight is 767 g/mol. The maximum Gasteiger partial charge on any atom is 0.255 e. The molecule has 9 heteroatoms. The summed E-state index contributed by atoms with van der Waals surface area (Å²) in [6.45, 7) is 5.67. The fraction of sp³-hybridized carbons (Fsp3) is 0.316. The molecule has 0 unspecified atom stereocenters. The first-order valence-corrected chi connectivity index (χ1v) is 17.8. The highest BCUT2D eigenvalue weighted by molar-refractivity contribution is 9.11. The first-order valence-electron chi connectivity index (χ1n) is 16.2. The molecule has 248 valence electrons. The van der Waals surface area contributed by atoms with Gasteiger partial charge in [-0.05, 0) is 130 Å². The van der Waals surface area contributed by atoms with Crippen LogP contribution in [0.4, 0.5) is 11.4 Å². The van der Waals surface area contributed by atoms with Crippen molar-refractivity contribution in [2.24, 2.45) is 0 Å². The predicted molar refractivity (Wildman–Crippen MR) is 196 cm³/mol. The van der Waals surface area contributed by atoms with Gasteiger partial charge in [-0.3, -0.25) is 9.59 Å². The number of unbranched alkanes of at least 4 members (excludes halogenated alkanes) is 6. The van der Waals surface area contributed by atoms with Gasteiger partial charge in [-0.2, -0.15) is 0 Å². The van der Waals surface area contributed by atoms with E-state index in [2.05, 4.69) is 56.3 Å². The Bertz CT molecular complexity index is 1470. The van der Waals surface area contributed by atoms with Gasteiger partial charge in [-0.15, -0.1) is 0 Å². The Balaban J connectivity index is 1.24. The van der Waals surface area contributed by atoms with Gasteiger partial charge in [0.2, 0.25) is 0 Å². The van der Waals surface area contributed by atoms with Gasteiger partial charge < -0.3 is 24.8 Å². The molecule has 4 aromatic carbocycles. The number of hydrogen-bond acceptors (Lipinski definition) is 5. The number of benzene rings is 4.